The predicted octanol–water partition coefficient (Wildman–Crippen LogP) is 1.64. The quantitative estimate of drug-likeness (QED) is 0.799. The lowest BCUT2D eigenvalue weighted by Gasteiger charge is -2.22. The van der Waals surface area contributed by atoms with Crippen LogP contribution in [0.5, 0.6) is 0 Å². The Balaban J connectivity index is 4.38. The molecule has 6 heteroatoms. The van der Waals surface area contributed by atoms with E-state index in [1.165, 1.54) is 13.8 Å². The normalized spacial score (nSPS) is 11.1. The topological polar surface area (TPSA) is 71.4 Å². The maximum absolute atomic E-state index is 11.0. The van der Waals surface area contributed by atoms with Crippen LogP contribution >= 0.6 is 23.5 Å². The molecule has 0 bridgehead atoms. The van der Waals surface area contributed by atoms with Gasteiger partial charge in [0.1, 0.15) is 0 Å². The standard InChI is InChI=1S/C9H14O4S2/c1-6(10)14-4-9(3,8(12)13)5-15-7(2)11/h4-5H2,1-3H3,(H,12,13). The Morgan fingerprint density at radius 1 is 1.07 bits per heavy atom. The average Bonchev–Trinajstić information content (AvgIpc) is 2.11. The summed E-state index contributed by atoms with van der Waals surface area (Å²) < 4.78 is 0. The first-order valence-corrected chi connectivity index (χ1v) is 6.25. The fourth-order valence-electron chi connectivity index (χ4n) is 0.687. The number of carboxylic acids is 1. The molecule has 0 aromatic rings. The van der Waals surface area contributed by atoms with Crippen LogP contribution in [0, 0.1) is 5.41 Å². The lowest BCUT2D eigenvalue weighted by molar-refractivity contribution is -0.145. The van der Waals surface area contributed by atoms with E-state index in [0.29, 0.717) is 0 Å². The summed E-state index contributed by atoms with van der Waals surface area (Å²) in [7, 11) is 0. The van der Waals surface area contributed by atoms with Crippen molar-refractivity contribution in [3.63, 3.8) is 0 Å². The van der Waals surface area contributed by atoms with Gasteiger partial charge in [-0.3, -0.25) is 14.4 Å². The van der Waals surface area contributed by atoms with Crippen LogP contribution < -0.4 is 0 Å². The number of carbonyl (C=O) groups is 3. The van der Waals surface area contributed by atoms with Crippen LogP contribution in [-0.4, -0.2) is 32.8 Å². The highest BCUT2D eigenvalue weighted by Crippen LogP contribution is 2.28. The molecule has 0 spiro atoms. The van der Waals surface area contributed by atoms with E-state index in [0.717, 1.165) is 23.5 Å². The molecule has 0 atom stereocenters. The molecule has 1 N–H and O–H groups in total. The molecule has 0 aliphatic rings. The van der Waals surface area contributed by atoms with E-state index in [1.54, 1.807) is 6.92 Å². The summed E-state index contributed by atoms with van der Waals surface area (Å²) in [5.41, 5.74) is -1.04. The molecule has 0 unspecified atom stereocenters. The molecule has 0 saturated carbocycles. The van der Waals surface area contributed by atoms with Gasteiger partial charge in [0.2, 0.25) is 0 Å². The lowest BCUT2D eigenvalue weighted by Crippen LogP contribution is -2.33. The Hall–Kier alpha value is -0.490. The van der Waals surface area contributed by atoms with E-state index < -0.39 is 11.4 Å². The maximum atomic E-state index is 11.0. The Morgan fingerprint density at radius 3 is 1.60 bits per heavy atom. The first-order valence-electron chi connectivity index (χ1n) is 4.28. The average molecular weight is 250 g/mol. The van der Waals surface area contributed by atoms with E-state index in [4.69, 9.17) is 5.11 Å². The van der Waals surface area contributed by atoms with Crippen LogP contribution in [0.1, 0.15) is 20.8 Å². The second kappa shape index (κ2) is 6.17. The Morgan fingerprint density at radius 2 is 1.40 bits per heavy atom. The van der Waals surface area contributed by atoms with E-state index >= 15 is 0 Å². The highest BCUT2D eigenvalue weighted by Gasteiger charge is 2.34. The fourth-order valence-corrected chi connectivity index (χ4v) is 2.31. The van der Waals surface area contributed by atoms with Crippen LogP contribution in [0.25, 0.3) is 0 Å². The number of hydrogen-bond acceptors (Lipinski definition) is 5. The van der Waals surface area contributed by atoms with Crippen molar-refractivity contribution >= 4 is 39.7 Å². The summed E-state index contributed by atoms with van der Waals surface area (Å²) in [5, 5.41) is 8.78. The van der Waals surface area contributed by atoms with Crippen LogP contribution in [0.4, 0.5) is 0 Å². The van der Waals surface area contributed by atoms with E-state index in [1.807, 2.05) is 0 Å². The third-order valence-electron chi connectivity index (χ3n) is 1.70. The molecule has 0 fully saturated rings. The van der Waals surface area contributed by atoms with Crippen molar-refractivity contribution in [1.82, 2.24) is 0 Å². The van der Waals surface area contributed by atoms with Crippen molar-refractivity contribution in [3.05, 3.63) is 0 Å². The Kier molecular flexibility index (Phi) is 5.97. The summed E-state index contributed by atoms with van der Waals surface area (Å²) >= 11 is 1.95. The fraction of sp³-hybridized carbons (Fsp3) is 0.667. The van der Waals surface area contributed by atoms with Gasteiger partial charge in [0.15, 0.2) is 10.2 Å². The third kappa shape index (κ3) is 5.84. The SMILES string of the molecule is CC(=O)SCC(C)(CSC(C)=O)C(=O)O. The van der Waals surface area contributed by atoms with Gasteiger partial charge in [-0.2, -0.15) is 0 Å². The van der Waals surface area contributed by atoms with E-state index in [-0.39, 0.29) is 21.7 Å². The highest BCUT2D eigenvalue weighted by molar-refractivity contribution is 8.14. The van der Waals surface area contributed by atoms with Crippen LogP contribution in [0.3, 0.4) is 0 Å². The van der Waals surface area contributed by atoms with Gasteiger partial charge in [-0.05, 0) is 6.92 Å². The zero-order valence-corrected chi connectivity index (χ0v) is 10.5. The molecule has 0 aromatic carbocycles. The molecule has 0 amide bonds. The number of aliphatic carboxylic acids is 1. The predicted molar refractivity (Wildman–Crippen MR) is 62.0 cm³/mol. The minimum atomic E-state index is -1.04. The summed E-state index contributed by atoms with van der Waals surface area (Å²) in [4.78, 5) is 32.5. The van der Waals surface area contributed by atoms with Gasteiger partial charge in [-0.1, -0.05) is 23.5 Å². The highest BCUT2D eigenvalue weighted by atomic mass is 32.2. The first-order chi connectivity index (χ1) is 6.78. The van der Waals surface area contributed by atoms with Gasteiger partial charge >= 0.3 is 5.97 Å². The van der Waals surface area contributed by atoms with Crippen LogP contribution in [-0.2, 0) is 14.4 Å². The van der Waals surface area contributed by atoms with Crippen molar-refractivity contribution in [2.24, 2.45) is 5.41 Å². The minimum absolute atomic E-state index is 0.115. The molecule has 86 valence electrons. The van der Waals surface area contributed by atoms with E-state index in [2.05, 4.69) is 0 Å². The smallest absolute Gasteiger partial charge is 0.311 e. The molecular weight excluding hydrogens is 236 g/mol. The lowest BCUT2D eigenvalue weighted by atomic mass is 9.97. The number of carbonyl (C=O) groups excluding carboxylic acids is 2. The summed E-state index contributed by atoms with van der Waals surface area (Å²) in [6.07, 6.45) is 0. The zero-order chi connectivity index (χ0) is 12.1. The van der Waals surface area contributed by atoms with E-state index in [9.17, 15) is 14.4 Å². The summed E-state index contributed by atoms with van der Waals surface area (Å²) in [6, 6.07) is 0. The summed E-state index contributed by atoms with van der Waals surface area (Å²) in [6.45, 7) is 4.33. The molecule has 15 heavy (non-hydrogen) atoms. The van der Waals surface area contributed by atoms with Gasteiger partial charge in [0.25, 0.3) is 0 Å². The third-order valence-corrected chi connectivity index (χ3v) is 4.08. The van der Waals surface area contributed by atoms with Crippen LogP contribution in [0.2, 0.25) is 0 Å². The molecule has 0 aromatic heterocycles. The largest absolute Gasteiger partial charge is 0.481 e. The number of thioether (sulfide) groups is 2. The first kappa shape index (κ1) is 14.5. The number of carboxylic acid groups (broad SMARTS) is 1. The molecule has 0 aliphatic carbocycles. The number of hydrogen-bond donors (Lipinski definition) is 1. The Labute approximate surface area is 97.2 Å². The molecule has 0 saturated heterocycles. The van der Waals surface area contributed by atoms with Crippen molar-refractivity contribution in [1.29, 1.82) is 0 Å². The second-order valence-corrected chi connectivity index (χ2v) is 5.73. The minimum Gasteiger partial charge on any atom is -0.481 e. The maximum Gasteiger partial charge on any atom is 0.311 e. The molecule has 4 nitrogen and oxygen atoms in total. The molecule has 0 radical (unpaired) electrons. The molecule has 0 heterocycles. The van der Waals surface area contributed by atoms with Crippen LogP contribution in [0.15, 0.2) is 0 Å². The Bertz CT molecular complexity index is 257. The van der Waals surface area contributed by atoms with Crippen molar-refractivity contribution in [2.75, 3.05) is 11.5 Å². The molecule has 0 rings (SSSR count). The van der Waals surface area contributed by atoms with Gasteiger partial charge in [0, 0.05) is 25.4 Å². The van der Waals surface area contributed by atoms with Gasteiger partial charge < -0.3 is 5.11 Å². The zero-order valence-electron chi connectivity index (χ0n) is 8.90. The van der Waals surface area contributed by atoms with Crippen molar-refractivity contribution in [3.8, 4) is 0 Å². The van der Waals surface area contributed by atoms with Crippen molar-refractivity contribution in [2.45, 2.75) is 20.8 Å². The van der Waals surface area contributed by atoms with Crippen molar-refractivity contribution < 1.29 is 19.5 Å². The second-order valence-electron chi connectivity index (χ2n) is 3.43. The van der Waals surface area contributed by atoms with Gasteiger partial charge in [-0.15, -0.1) is 0 Å². The number of rotatable bonds is 5. The molecule has 0 aliphatic heterocycles. The molecular formula is C9H14O4S2. The summed E-state index contributed by atoms with van der Waals surface area (Å²) in [5.74, 6) is -0.597. The van der Waals surface area contributed by atoms with Gasteiger partial charge in [-0.25, -0.2) is 0 Å². The van der Waals surface area contributed by atoms with Gasteiger partial charge in [0.05, 0.1) is 5.41 Å². The monoisotopic (exact) mass is 250 g/mol.